The lowest BCUT2D eigenvalue weighted by atomic mass is 10.1. The summed E-state index contributed by atoms with van der Waals surface area (Å²) in [4.78, 5) is 0. The van der Waals surface area contributed by atoms with Gasteiger partial charge in [0.05, 0.1) is 0 Å². The van der Waals surface area contributed by atoms with Crippen LogP contribution in [0.1, 0.15) is 0 Å². The van der Waals surface area contributed by atoms with Crippen LogP contribution in [-0.4, -0.2) is 10.3 Å². The van der Waals surface area contributed by atoms with Crippen molar-refractivity contribution in [2.75, 3.05) is 5.73 Å². The van der Waals surface area contributed by atoms with Crippen LogP contribution in [0.4, 0.5) is 5.69 Å². The Morgan fingerprint density at radius 3 is 2.86 bits per heavy atom. The monoisotopic (exact) mass is 185 g/mol. The maximum absolute atomic E-state index is 5.84. The van der Waals surface area contributed by atoms with Gasteiger partial charge < -0.3 is 5.73 Å². The molecule has 0 amide bonds. The Morgan fingerprint density at radius 1 is 1.00 bits per heavy atom. The van der Waals surface area contributed by atoms with Crippen molar-refractivity contribution in [3.05, 3.63) is 30.3 Å². The van der Waals surface area contributed by atoms with E-state index in [4.69, 9.17) is 5.73 Å². The third-order valence-electron chi connectivity index (χ3n) is 2.32. The molecule has 0 saturated carbocycles. The number of benzene rings is 2. The molecule has 1 aromatic heterocycles. The number of nitrogens with two attached hydrogens (primary N) is 1. The van der Waals surface area contributed by atoms with E-state index in [-0.39, 0.29) is 0 Å². The number of fused-ring (bicyclic) bond motifs is 3. The Bertz CT molecular complexity index is 615. The average Bonchev–Trinajstić information content (AvgIpc) is 2.66. The van der Waals surface area contributed by atoms with Crippen LogP contribution in [0.5, 0.6) is 0 Å². The Balaban J connectivity index is 2.64. The Hall–Kier alpha value is -2.10. The minimum atomic E-state index is 0.743. The average molecular weight is 185 g/mol. The number of hydrogen-bond acceptors (Lipinski definition) is 4. The lowest BCUT2D eigenvalue weighted by Crippen LogP contribution is -1.86. The highest BCUT2D eigenvalue weighted by molar-refractivity contribution is 6.07. The standard InChI is InChI=1S/C10H7N3O/c11-8-3-1-2-7-6(8)4-5-9-10(7)13-14-12-9/h1-5H,11H2. The number of nitrogens with zero attached hydrogens (tertiary/aromatic N) is 2. The largest absolute Gasteiger partial charge is 0.398 e. The summed E-state index contributed by atoms with van der Waals surface area (Å²) < 4.78 is 4.67. The van der Waals surface area contributed by atoms with Gasteiger partial charge in [0.1, 0.15) is 11.0 Å². The summed E-state index contributed by atoms with van der Waals surface area (Å²) in [5.74, 6) is 0. The highest BCUT2D eigenvalue weighted by Gasteiger charge is 2.06. The lowest BCUT2D eigenvalue weighted by molar-refractivity contribution is 0.316. The lowest BCUT2D eigenvalue weighted by Gasteiger charge is -1.99. The van der Waals surface area contributed by atoms with Gasteiger partial charge in [-0.05, 0) is 28.5 Å². The van der Waals surface area contributed by atoms with Crippen LogP contribution in [0, 0.1) is 0 Å². The van der Waals surface area contributed by atoms with Crippen molar-refractivity contribution >= 4 is 27.5 Å². The van der Waals surface area contributed by atoms with Crippen LogP contribution in [0.2, 0.25) is 0 Å². The summed E-state index contributed by atoms with van der Waals surface area (Å²) >= 11 is 0. The van der Waals surface area contributed by atoms with Gasteiger partial charge in [-0.15, -0.1) is 0 Å². The van der Waals surface area contributed by atoms with E-state index in [1.165, 1.54) is 0 Å². The number of rotatable bonds is 0. The van der Waals surface area contributed by atoms with Crippen molar-refractivity contribution in [3.8, 4) is 0 Å². The number of hydrogen-bond donors (Lipinski definition) is 1. The van der Waals surface area contributed by atoms with Gasteiger partial charge in [-0.25, -0.2) is 4.63 Å². The molecule has 0 saturated heterocycles. The van der Waals surface area contributed by atoms with Crippen molar-refractivity contribution in [1.29, 1.82) is 0 Å². The molecule has 0 aliphatic carbocycles. The topological polar surface area (TPSA) is 64.9 Å². The third-order valence-corrected chi connectivity index (χ3v) is 2.32. The molecule has 4 heteroatoms. The molecule has 3 aromatic rings. The van der Waals surface area contributed by atoms with Gasteiger partial charge in [0.15, 0.2) is 0 Å². The quantitative estimate of drug-likeness (QED) is 0.543. The third kappa shape index (κ3) is 0.821. The Morgan fingerprint density at radius 2 is 1.93 bits per heavy atom. The van der Waals surface area contributed by atoms with Gasteiger partial charge in [-0.2, -0.15) is 0 Å². The SMILES string of the molecule is Nc1cccc2c1ccc1nonc12. The summed E-state index contributed by atoms with van der Waals surface area (Å²) in [6.07, 6.45) is 0. The molecule has 0 radical (unpaired) electrons. The number of aromatic nitrogens is 2. The maximum atomic E-state index is 5.84. The molecule has 0 fully saturated rings. The first-order valence-corrected chi connectivity index (χ1v) is 4.26. The summed E-state index contributed by atoms with van der Waals surface area (Å²) in [5, 5.41) is 9.58. The van der Waals surface area contributed by atoms with Gasteiger partial charge in [-0.1, -0.05) is 12.1 Å². The zero-order chi connectivity index (χ0) is 9.54. The Kier molecular flexibility index (Phi) is 1.28. The van der Waals surface area contributed by atoms with Gasteiger partial charge in [0, 0.05) is 16.5 Å². The molecule has 0 bridgehead atoms. The molecule has 3 rings (SSSR count). The predicted octanol–water partition coefficient (Wildman–Crippen LogP) is 1.96. The van der Waals surface area contributed by atoms with E-state index < -0.39 is 0 Å². The molecular weight excluding hydrogens is 178 g/mol. The summed E-state index contributed by atoms with van der Waals surface area (Å²) in [6, 6.07) is 9.49. The molecular formula is C10H7N3O. The van der Waals surface area contributed by atoms with Gasteiger partial charge in [-0.3, -0.25) is 0 Å². The first-order valence-electron chi connectivity index (χ1n) is 4.26. The highest BCUT2D eigenvalue weighted by atomic mass is 16.6. The van der Waals surface area contributed by atoms with Crippen molar-refractivity contribution in [1.82, 2.24) is 10.3 Å². The molecule has 0 spiro atoms. The first-order chi connectivity index (χ1) is 6.86. The highest BCUT2D eigenvalue weighted by Crippen LogP contribution is 2.26. The van der Waals surface area contributed by atoms with E-state index in [1.54, 1.807) is 0 Å². The van der Waals surface area contributed by atoms with Crippen molar-refractivity contribution in [3.63, 3.8) is 0 Å². The zero-order valence-corrected chi connectivity index (χ0v) is 7.27. The van der Waals surface area contributed by atoms with E-state index in [0.29, 0.717) is 0 Å². The molecule has 1 heterocycles. The van der Waals surface area contributed by atoms with Crippen LogP contribution in [0.25, 0.3) is 21.8 Å². The Labute approximate surface area is 79.3 Å². The zero-order valence-electron chi connectivity index (χ0n) is 7.27. The number of anilines is 1. The van der Waals surface area contributed by atoms with Crippen molar-refractivity contribution < 1.29 is 4.63 Å². The van der Waals surface area contributed by atoms with Gasteiger partial charge in [0.25, 0.3) is 0 Å². The maximum Gasteiger partial charge on any atom is 0.143 e. The van der Waals surface area contributed by atoms with Crippen molar-refractivity contribution in [2.24, 2.45) is 0 Å². The fourth-order valence-electron chi connectivity index (χ4n) is 1.63. The number of nitrogen functional groups attached to an aromatic ring is 1. The molecule has 14 heavy (non-hydrogen) atoms. The molecule has 0 aliphatic heterocycles. The smallest absolute Gasteiger partial charge is 0.143 e. The molecule has 0 unspecified atom stereocenters. The fraction of sp³-hybridized carbons (Fsp3) is 0. The van der Waals surface area contributed by atoms with Crippen LogP contribution >= 0.6 is 0 Å². The second kappa shape index (κ2) is 2.45. The molecule has 0 aliphatic rings. The van der Waals surface area contributed by atoms with Gasteiger partial charge in [0.2, 0.25) is 0 Å². The van der Waals surface area contributed by atoms with Crippen LogP contribution < -0.4 is 5.73 Å². The summed E-state index contributed by atoms with van der Waals surface area (Å²) in [6.45, 7) is 0. The minimum Gasteiger partial charge on any atom is -0.398 e. The van der Waals surface area contributed by atoms with Crippen LogP contribution in [0.3, 0.4) is 0 Å². The predicted molar refractivity (Wildman–Crippen MR) is 53.7 cm³/mol. The second-order valence-corrected chi connectivity index (χ2v) is 3.14. The molecule has 4 nitrogen and oxygen atoms in total. The van der Waals surface area contributed by atoms with E-state index in [2.05, 4.69) is 14.9 Å². The van der Waals surface area contributed by atoms with Crippen molar-refractivity contribution in [2.45, 2.75) is 0 Å². The van der Waals surface area contributed by atoms with Crippen LogP contribution in [0.15, 0.2) is 35.0 Å². The molecule has 2 N–H and O–H groups in total. The molecule has 68 valence electrons. The fourth-order valence-corrected chi connectivity index (χ4v) is 1.63. The first kappa shape index (κ1) is 7.32. The minimum absolute atomic E-state index is 0.743. The molecule has 2 aromatic carbocycles. The van der Waals surface area contributed by atoms with E-state index in [9.17, 15) is 0 Å². The summed E-state index contributed by atoms with van der Waals surface area (Å²) in [7, 11) is 0. The molecule has 0 atom stereocenters. The normalized spacial score (nSPS) is 11.1. The summed E-state index contributed by atoms with van der Waals surface area (Å²) in [5.41, 5.74) is 8.09. The van der Waals surface area contributed by atoms with E-state index in [1.807, 2.05) is 30.3 Å². The van der Waals surface area contributed by atoms with Gasteiger partial charge >= 0.3 is 0 Å². The van der Waals surface area contributed by atoms with E-state index >= 15 is 0 Å². The van der Waals surface area contributed by atoms with Crippen LogP contribution in [-0.2, 0) is 0 Å². The second-order valence-electron chi connectivity index (χ2n) is 3.14. The van der Waals surface area contributed by atoms with E-state index in [0.717, 1.165) is 27.5 Å².